The Morgan fingerprint density at radius 2 is 1.00 bits per heavy atom. The molecule has 0 aliphatic rings. The molecular formula is C19H42NO+. The summed E-state index contributed by atoms with van der Waals surface area (Å²) in [6.45, 7) is 27.2. The summed E-state index contributed by atoms with van der Waals surface area (Å²) >= 11 is 0. The van der Waals surface area contributed by atoms with Gasteiger partial charge in [0.1, 0.15) is 12.6 Å². The Balaban J connectivity index is 5.57. The Kier molecular flexibility index (Phi) is 6.97. The predicted molar refractivity (Wildman–Crippen MR) is 94.4 cm³/mol. The summed E-state index contributed by atoms with van der Waals surface area (Å²) in [4.78, 5) is 0. The zero-order chi connectivity index (χ0) is 17.1. The van der Waals surface area contributed by atoms with Gasteiger partial charge in [0.15, 0.2) is 0 Å². The van der Waals surface area contributed by atoms with Gasteiger partial charge in [-0.3, -0.25) is 0 Å². The van der Waals surface area contributed by atoms with Crippen LogP contribution in [0.4, 0.5) is 0 Å². The Hall–Kier alpha value is -0.0800. The van der Waals surface area contributed by atoms with Gasteiger partial charge in [0, 0.05) is 16.2 Å². The third kappa shape index (κ3) is 10.3. The molecule has 1 unspecified atom stereocenters. The number of aliphatic hydroxyl groups is 1. The number of hydrogen-bond acceptors (Lipinski definition) is 1. The average molecular weight is 301 g/mol. The molecule has 21 heavy (non-hydrogen) atoms. The van der Waals surface area contributed by atoms with Gasteiger partial charge in [0.25, 0.3) is 0 Å². The first-order chi connectivity index (χ1) is 9.08. The summed E-state index contributed by atoms with van der Waals surface area (Å²) in [7, 11) is 0. The lowest BCUT2D eigenvalue weighted by atomic mass is 9.85. The van der Waals surface area contributed by atoms with Crippen molar-refractivity contribution in [2.24, 2.45) is 16.2 Å². The van der Waals surface area contributed by atoms with Crippen molar-refractivity contribution in [3.05, 3.63) is 0 Å². The number of rotatable bonds is 6. The highest BCUT2D eigenvalue weighted by Crippen LogP contribution is 2.32. The molecule has 0 saturated heterocycles. The fourth-order valence-corrected chi connectivity index (χ4v) is 3.96. The van der Waals surface area contributed by atoms with Crippen molar-refractivity contribution in [1.82, 2.24) is 0 Å². The highest BCUT2D eigenvalue weighted by molar-refractivity contribution is 4.72. The second-order valence-corrected chi connectivity index (χ2v) is 10.7. The summed E-state index contributed by atoms with van der Waals surface area (Å²) in [5, 5.41) is 10.4. The molecule has 0 aromatic rings. The molecule has 0 amide bonds. The largest absolute Gasteiger partial charge is 0.387 e. The van der Waals surface area contributed by atoms with E-state index in [-0.39, 0.29) is 22.3 Å². The molecule has 2 heteroatoms. The normalized spacial score (nSPS) is 16.1. The summed E-state index contributed by atoms with van der Waals surface area (Å²) in [5.41, 5.74) is 0.803. The van der Waals surface area contributed by atoms with E-state index >= 15 is 0 Å². The van der Waals surface area contributed by atoms with Crippen LogP contribution in [0, 0.1) is 16.2 Å². The van der Waals surface area contributed by atoms with Gasteiger partial charge in [-0.05, 0) is 6.42 Å². The van der Waals surface area contributed by atoms with Crippen molar-refractivity contribution in [2.45, 2.75) is 81.8 Å². The second-order valence-electron chi connectivity index (χ2n) is 10.7. The number of hydrogen-bond donors (Lipinski definition) is 1. The maximum atomic E-state index is 10.4. The number of nitrogens with zero attached hydrogens (tertiary/aromatic N) is 1. The van der Waals surface area contributed by atoms with Crippen LogP contribution in [0.2, 0.25) is 0 Å². The molecule has 0 fully saturated rings. The minimum absolute atomic E-state index is 0.197. The minimum Gasteiger partial charge on any atom is -0.387 e. The van der Waals surface area contributed by atoms with E-state index in [4.69, 9.17) is 0 Å². The van der Waals surface area contributed by atoms with Gasteiger partial charge in [-0.25, -0.2) is 0 Å². The van der Waals surface area contributed by atoms with Crippen molar-refractivity contribution in [3.63, 3.8) is 0 Å². The lowest BCUT2D eigenvalue weighted by Gasteiger charge is -2.49. The first kappa shape index (κ1) is 20.9. The van der Waals surface area contributed by atoms with Gasteiger partial charge < -0.3 is 9.59 Å². The quantitative estimate of drug-likeness (QED) is 0.704. The molecule has 0 heterocycles. The van der Waals surface area contributed by atoms with Gasteiger partial charge >= 0.3 is 0 Å². The third-order valence-electron chi connectivity index (χ3n) is 3.50. The van der Waals surface area contributed by atoms with E-state index in [1.165, 1.54) is 0 Å². The molecule has 0 spiro atoms. The molecule has 0 rings (SSSR count). The van der Waals surface area contributed by atoms with Crippen LogP contribution in [0.1, 0.15) is 75.7 Å². The van der Waals surface area contributed by atoms with Crippen LogP contribution in [-0.4, -0.2) is 41.9 Å². The van der Waals surface area contributed by atoms with Crippen LogP contribution < -0.4 is 0 Å². The highest BCUT2D eigenvalue weighted by atomic mass is 16.3. The lowest BCUT2D eigenvalue weighted by molar-refractivity contribution is -0.946. The molecule has 1 N–H and O–H groups in total. The Labute approximate surface area is 134 Å². The Morgan fingerprint density at radius 3 is 1.19 bits per heavy atom. The van der Waals surface area contributed by atoms with E-state index in [0.717, 1.165) is 37.1 Å². The van der Waals surface area contributed by atoms with Crippen molar-refractivity contribution >= 4 is 0 Å². The van der Waals surface area contributed by atoms with Gasteiger partial charge in [-0.1, -0.05) is 69.2 Å². The molecule has 0 aromatic heterocycles. The standard InChI is InChI=1S/C19H42NO/c1-11-16(21)12-20(13-17(2,3)4,14-18(5,6)7)15-19(8,9)10/h16,21H,11-15H2,1-10H3/q+1. The van der Waals surface area contributed by atoms with Crippen LogP contribution in [0.3, 0.4) is 0 Å². The molecular weight excluding hydrogens is 258 g/mol. The molecule has 0 saturated carbocycles. The molecule has 0 bridgehead atoms. The van der Waals surface area contributed by atoms with Crippen molar-refractivity contribution in [2.75, 3.05) is 26.2 Å². The second kappa shape index (κ2) is 7.00. The fraction of sp³-hybridized carbons (Fsp3) is 1.00. The number of aliphatic hydroxyl groups excluding tert-OH is 1. The van der Waals surface area contributed by atoms with E-state index in [1.54, 1.807) is 0 Å². The molecule has 128 valence electrons. The Bertz CT molecular complexity index is 260. The minimum atomic E-state index is -0.197. The van der Waals surface area contributed by atoms with Crippen LogP contribution >= 0.6 is 0 Å². The van der Waals surface area contributed by atoms with Crippen LogP contribution in [0.15, 0.2) is 0 Å². The van der Waals surface area contributed by atoms with Crippen LogP contribution in [0.25, 0.3) is 0 Å². The summed E-state index contributed by atoms with van der Waals surface area (Å²) in [6.07, 6.45) is 0.648. The van der Waals surface area contributed by atoms with Gasteiger partial charge in [0.2, 0.25) is 0 Å². The first-order valence-electron chi connectivity index (χ1n) is 8.61. The topological polar surface area (TPSA) is 20.2 Å². The summed E-state index contributed by atoms with van der Waals surface area (Å²) < 4.78 is 1.02. The van der Waals surface area contributed by atoms with E-state index in [0.29, 0.717) is 0 Å². The first-order valence-corrected chi connectivity index (χ1v) is 8.61. The van der Waals surface area contributed by atoms with Crippen molar-refractivity contribution in [3.8, 4) is 0 Å². The monoisotopic (exact) mass is 300 g/mol. The fourth-order valence-electron chi connectivity index (χ4n) is 3.96. The zero-order valence-corrected chi connectivity index (χ0v) is 16.5. The van der Waals surface area contributed by atoms with Crippen molar-refractivity contribution in [1.29, 1.82) is 0 Å². The highest BCUT2D eigenvalue weighted by Gasteiger charge is 2.40. The van der Waals surface area contributed by atoms with Gasteiger partial charge in [-0.15, -0.1) is 0 Å². The van der Waals surface area contributed by atoms with E-state index < -0.39 is 0 Å². The maximum Gasteiger partial charge on any atom is 0.105 e. The van der Waals surface area contributed by atoms with E-state index in [1.807, 2.05) is 0 Å². The number of quaternary nitrogens is 1. The van der Waals surface area contributed by atoms with Crippen molar-refractivity contribution < 1.29 is 9.59 Å². The maximum absolute atomic E-state index is 10.4. The van der Waals surface area contributed by atoms with Gasteiger partial charge in [-0.2, -0.15) is 0 Å². The Morgan fingerprint density at radius 1 is 0.714 bits per heavy atom. The molecule has 1 atom stereocenters. The average Bonchev–Trinajstić information content (AvgIpc) is 2.07. The molecule has 0 aliphatic carbocycles. The smallest absolute Gasteiger partial charge is 0.105 e. The van der Waals surface area contributed by atoms with Crippen LogP contribution in [0.5, 0.6) is 0 Å². The molecule has 0 aromatic carbocycles. The van der Waals surface area contributed by atoms with Gasteiger partial charge in [0.05, 0.1) is 19.6 Å². The summed E-state index contributed by atoms with van der Waals surface area (Å²) in [5.74, 6) is 0. The zero-order valence-electron chi connectivity index (χ0n) is 16.5. The third-order valence-corrected chi connectivity index (χ3v) is 3.50. The molecule has 0 radical (unpaired) electrons. The van der Waals surface area contributed by atoms with E-state index in [9.17, 15) is 5.11 Å². The van der Waals surface area contributed by atoms with Crippen LogP contribution in [-0.2, 0) is 0 Å². The SMILES string of the molecule is CCC(O)C[N+](CC(C)(C)C)(CC(C)(C)C)CC(C)(C)C. The van der Waals surface area contributed by atoms with E-state index in [2.05, 4.69) is 69.2 Å². The predicted octanol–water partition coefficient (Wildman–Crippen LogP) is 4.71. The molecule has 2 nitrogen and oxygen atoms in total. The molecule has 0 aliphatic heterocycles. The lowest BCUT2D eigenvalue weighted by Crippen LogP contribution is -2.61. The summed E-state index contributed by atoms with van der Waals surface area (Å²) in [6, 6.07) is 0.